The van der Waals surface area contributed by atoms with Crippen LogP contribution in [-0.2, 0) is 19.9 Å². The molecule has 5 heteroatoms. The van der Waals surface area contributed by atoms with Gasteiger partial charge in [-0.2, -0.15) is 16.9 Å². The second-order valence-electron chi connectivity index (χ2n) is 5.08. The van der Waals surface area contributed by atoms with Gasteiger partial charge in [0.15, 0.2) is 0 Å². The van der Waals surface area contributed by atoms with Crippen molar-refractivity contribution in [3.8, 4) is 0 Å². The molecule has 0 aromatic carbocycles. The van der Waals surface area contributed by atoms with E-state index in [1.807, 2.05) is 30.4 Å². The van der Waals surface area contributed by atoms with Crippen LogP contribution in [0, 0.1) is 0 Å². The molecule has 3 nitrogen and oxygen atoms in total. The summed E-state index contributed by atoms with van der Waals surface area (Å²) in [6.07, 6.45) is 3.35. The Kier molecular flexibility index (Phi) is 4.29. The van der Waals surface area contributed by atoms with Crippen LogP contribution in [0.1, 0.15) is 38.1 Å². The third kappa shape index (κ3) is 2.56. The van der Waals surface area contributed by atoms with Crippen LogP contribution in [0.25, 0.3) is 0 Å². The lowest BCUT2D eigenvalue weighted by Gasteiger charge is -2.37. The number of hydrogen-bond acceptors (Lipinski definition) is 3. The van der Waals surface area contributed by atoms with Crippen molar-refractivity contribution in [2.24, 2.45) is 7.05 Å². The number of nitrogens with zero attached hydrogens (tertiary/aromatic N) is 2. The molecule has 0 spiro atoms. The summed E-state index contributed by atoms with van der Waals surface area (Å²) in [7, 11) is 1.91. The van der Waals surface area contributed by atoms with Crippen molar-refractivity contribution >= 4 is 23.4 Å². The van der Waals surface area contributed by atoms with Crippen molar-refractivity contribution in [1.29, 1.82) is 0 Å². The standard InChI is InChI=1S/C13H21ClN2OS/c1-4-10-12(14)11(16(3)15-10)8-13(17)6-5-7-18-9(13)2/h9,17H,4-8H2,1-3H3. The molecule has 0 amide bonds. The molecule has 1 N–H and O–H groups in total. The van der Waals surface area contributed by atoms with Crippen LogP contribution in [0.15, 0.2) is 0 Å². The number of hydrogen-bond donors (Lipinski definition) is 1. The Morgan fingerprint density at radius 2 is 2.33 bits per heavy atom. The molecule has 1 aromatic heterocycles. The Labute approximate surface area is 118 Å². The van der Waals surface area contributed by atoms with E-state index in [9.17, 15) is 5.11 Å². The van der Waals surface area contributed by atoms with Gasteiger partial charge in [0.25, 0.3) is 0 Å². The number of aromatic nitrogens is 2. The summed E-state index contributed by atoms with van der Waals surface area (Å²) in [4.78, 5) is 0. The molecule has 0 bridgehead atoms. The van der Waals surface area contributed by atoms with Crippen LogP contribution in [0.3, 0.4) is 0 Å². The van der Waals surface area contributed by atoms with Gasteiger partial charge in [0.2, 0.25) is 0 Å². The zero-order valence-electron chi connectivity index (χ0n) is 11.2. The van der Waals surface area contributed by atoms with E-state index in [0.717, 1.165) is 41.4 Å². The Balaban J connectivity index is 2.25. The molecule has 18 heavy (non-hydrogen) atoms. The van der Waals surface area contributed by atoms with E-state index in [0.29, 0.717) is 6.42 Å². The molecule has 1 saturated heterocycles. The lowest BCUT2D eigenvalue weighted by atomic mass is 9.88. The molecule has 1 aromatic rings. The highest BCUT2D eigenvalue weighted by molar-refractivity contribution is 8.00. The summed E-state index contributed by atoms with van der Waals surface area (Å²) >= 11 is 8.20. The molecule has 2 heterocycles. The Morgan fingerprint density at radius 1 is 1.61 bits per heavy atom. The maximum atomic E-state index is 10.8. The summed E-state index contributed by atoms with van der Waals surface area (Å²) in [5.41, 5.74) is 1.24. The Hall–Kier alpha value is -0.190. The SMILES string of the molecule is CCc1nn(C)c(CC2(O)CCCSC2C)c1Cl. The first kappa shape index (κ1) is 14.2. The minimum atomic E-state index is -0.647. The van der Waals surface area contributed by atoms with Gasteiger partial charge in [-0.25, -0.2) is 0 Å². The number of rotatable bonds is 3. The highest BCUT2D eigenvalue weighted by Gasteiger charge is 2.38. The van der Waals surface area contributed by atoms with Gasteiger partial charge in [-0.05, 0) is 25.0 Å². The smallest absolute Gasteiger partial charge is 0.0850 e. The third-order valence-corrected chi connectivity index (χ3v) is 5.75. The molecular weight excluding hydrogens is 268 g/mol. The predicted octanol–water partition coefficient (Wildman–Crippen LogP) is 2.83. The molecule has 1 aliphatic rings. The first-order valence-electron chi connectivity index (χ1n) is 6.52. The van der Waals surface area contributed by atoms with E-state index in [1.165, 1.54) is 0 Å². The quantitative estimate of drug-likeness (QED) is 0.929. The van der Waals surface area contributed by atoms with Crippen molar-refractivity contribution in [3.05, 3.63) is 16.4 Å². The van der Waals surface area contributed by atoms with Gasteiger partial charge in [-0.3, -0.25) is 4.68 Å². The largest absolute Gasteiger partial charge is 0.388 e. The minimum Gasteiger partial charge on any atom is -0.388 e. The van der Waals surface area contributed by atoms with Crippen LogP contribution in [0.2, 0.25) is 5.02 Å². The molecule has 1 fully saturated rings. The fraction of sp³-hybridized carbons (Fsp3) is 0.769. The molecule has 1 aliphatic heterocycles. The maximum absolute atomic E-state index is 10.8. The van der Waals surface area contributed by atoms with Crippen LogP contribution in [-0.4, -0.2) is 31.5 Å². The van der Waals surface area contributed by atoms with Gasteiger partial charge < -0.3 is 5.11 Å². The zero-order chi connectivity index (χ0) is 13.3. The minimum absolute atomic E-state index is 0.252. The zero-order valence-corrected chi connectivity index (χ0v) is 12.8. The Morgan fingerprint density at radius 3 is 2.89 bits per heavy atom. The van der Waals surface area contributed by atoms with Gasteiger partial charge in [-0.15, -0.1) is 0 Å². The second kappa shape index (κ2) is 5.43. The van der Waals surface area contributed by atoms with Crippen molar-refractivity contribution in [2.75, 3.05) is 5.75 Å². The van der Waals surface area contributed by atoms with Gasteiger partial charge >= 0.3 is 0 Å². The molecule has 102 valence electrons. The highest BCUT2D eigenvalue weighted by atomic mass is 35.5. The van der Waals surface area contributed by atoms with E-state index in [-0.39, 0.29) is 5.25 Å². The topological polar surface area (TPSA) is 38.0 Å². The number of aryl methyl sites for hydroxylation is 2. The van der Waals surface area contributed by atoms with Crippen LogP contribution >= 0.6 is 23.4 Å². The fourth-order valence-corrected chi connectivity index (χ4v) is 4.07. The highest BCUT2D eigenvalue weighted by Crippen LogP contribution is 2.37. The lowest BCUT2D eigenvalue weighted by Crippen LogP contribution is -2.44. The predicted molar refractivity (Wildman–Crippen MR) is 77.4 cm³/mol. The average Bonchev–Trinajstić information content (AvgIpc) is 2.60. The van der Waals surface area contributed by atoms with Crippen molar-refractivity contribution < 1.29 is 5.11 Å². The van der Waals surface area contributed by atoms with Crippen molar-refractivity contribution in [3.63, 3.8) is 0 Å². The van der Waals surface area contributed by atoms with Crippen molar-refractivity contribution in [1.82, 2.24) is 9.78 Å². The number of aliphatic hydroxyl groups is 1. The molecule has 2 atom stereocenters. The monoisotopic (exact) mass is 288 g/mol. The van der Waals surface area contributed by atoms with Crippen molar-refractivity contribution in [2.45, 2.75) is 50.4 Å². The first-order valence-corrected chi connectivity index (χ1v) is 7.95. The van der Waals surface area contributed by atoms with Gasteiger partial charge in [0.05, 0.1) is 22.0 Å². The molecule has 0 aliphatic carbocycles. The maximum Gasteiger partial charge on any atom is 0.0850 e. The summed E-state index contributed by atoms with van der Waals surface area (Å²) in [6, 6.07) is 0. The normalized spacial score (nSPS) is 28.6. The van der Waals surface area contributed by atoms with E-state index in [1.54, 1.807) is 0 Å². The summed E-state index contributed by atoms with van der Waals surface area (Å²) in [5.74, 6) is 1.14. The van der Waals surface area contributed by atoms with E-state index in [2.05, 4.69) is 12.0 Å². The van der Waals surface area contributed by atoms with Crippen LogP contribution in [0.4, 0.5) is 0 Å². The summed E-state index contributed by atoms with van der Waals surface area (Å²) < 4.78 is 1.82. The van der Waals surface area contributed by atoms with E-state index < -0.39 is 5.60 Å². The number of thioether (sulfide) groups is 1. The molecule has 2 rings (SSSR count). The van der Waals surface area contributed by atoms with Gasteiger partial charge in [0, 0.05) is 18.7 Å². The molecule has 2 unspecified atom stereocenters. The molecular formula is C13H21ClN2OS. The summed E-state index contributed by atoms with van der Waals surface area (Å²) in [6.45, 7) is 4.15. The fourth-order valence-electron chi connectivity index (χ4n) is 2.53. The van der Waals surface area contributed by atoms with E-state index in [4.69, 9.17) is 11.6 Å². The van der Waals surface area contributed by atoms with Crippen LogP contribution < -0.4 is 0 Å². The lowest BCUT2D eigenvalue weighted by molar-refractivity contribution is 0.0280. The van der Waals surface area contributed by atoms with Gasteiger partial charge in [-0.1, -0.05) is 25.4 Å². The Bertz CT molecular complexity index is 435. The van der Waals surface area contributed by atoms with Gasteiger partial charge in [0.1, 0.15) is 0 Å². The number of halogens is 1. The first-order chi connectivity index (χ1) is 8.48. The summed E-state index contributed by atoms with van der Waals surface area (Å²) in [5, 5.41) is 16.2. The second-order valence-corrected chi connectivity index (χ2v) is 6.91. The van der Waals surface area contributed by atoms with Crippen LogP contribution in [0.5, 0.6) is 0 Å². The average molecular weight is 289 g/mol. The molecule has 0 saturated carbocycles. The van der Waals surface area contributed by atoms with E-state index >= 15 is 0 Å². The molecule has 0 radical (unpaired) electrons. The third-order valence-electron chi connectivity index (χ3n) is 3.86.